The molecule has 0 bridgehead atoms. The molecule has 1 aliphatic rings. The lowest BCUT2D eigenvalue weighted by molar-refractivity contribution is 0.562. The van der Waals surface area contributed by atoms with Gasteiger partial charge in [-0.15, -0.1) is 0 Å². The van der Waals surface area contributed by atoms with Crippen LogP contribution in [0.1, 0.15) is 23.5 Å². The lowest BCUT2D eigenvalue weighted by Gasteiger charge is -2.01. The van der Waals surface area contributed by atoms with Gasteiger partial charge in [0.2, 0.25) is 6.08 Å². The number of hydrogen-bond donors (Lipinski definition) is 0. The molecule has 1 aliphatic carbocycles. The fraction of sp³-hybridized carbons (Fsp3) is 0.364. The summed E-state index contributed by atoms with van der Waals surface area (Å²) in [6.07, 6.45) is 2.62. The number of aliphatic imine (C=N–C) groups is 1. The number of isocyanates is 1. The first-order chi connectivity index (χ1) is 6.33. The summed E-state index contributed by atoms with van der Waals surface area (Å²) in [7, 11) is 0. The molecule has 0 spiro atoms. The van der Waals surface area contributed by atoms with Crippen LogP contribution in [0.25, 0.3) is 0 Å². The number of rotatable bonds is 2. The highest BCUT2D eigenvalue weighted by atomic mass is 16.1. The first kappa shape index (κ1) is 8.21. The summed E-state index contributed by atoms with van der Waals surface area (Å²) >= 11 is 0. The minimum absolute atomic E-state index is 0.193. The molecule has 2 rings (SSSR count). The van der Waals surface area contributed by atoms with Crippen LogP contribution in [0.4, 0.5) is 0 Å². The van der Waals surface area contributed by atoms with Crippen molar-refractivity contribution in [2.24, 2.45) is 4.99 Å². The Morgan fingerprint density at radius 1 is 1.46 bits per heavy atom. The molecule has 0 saturated heterocycles. The van der Waals surface area contributed by atoms with Gasteiger partial charge in [-0.1, -0.05) is 24.3 Å². The Hall–Kier alpha value is -1.40. The number of benzene rings is 1. The summed E-state index contributed by atoms with van der Waals surface area (Å²) < 4.78 is 0. The minimum Gasteiger partial charge on any atom is -0.211 e. The molecule has 66 valence electrons. The van der Waals surface area contributed by atoms with E-state index < -0.39 is 0 Å². The molecule has 2 unspecified atom stereocenters. The SMILES string of the molecule is Cc1ccccc1C1CC1N=C=O. The molecule has 0 N–H and O–H groups in total. The maximum atomic E-state index is 10.0. The van der Waals surface area contributed by atoms with Crippen molar-refractivity contribution in [2.75, 3.05) is 0 Å². The van der Waals surface area contributed by atoms with Crippen molar-refractivity contribution in [1.82, 2.24) is 0 Å². The van der Waals surface area contributed by atoms with Crippen LogP contribution in [-0.4, -0.2) is 12.1 Å². The standard InChI is InChI=1S/C11H11NO/c1-8-4-2-3-5-9(8)10-6-11(10)12-7-13/h2-5,10-11H,6H2,1H3. The van der Waals surface area contributed by atoms with Gasteiger partial charge in [-0.25, -0.2) is 9.79 Å². The molecule has 1 aromatic carbocycles. The van der Waals surface area contributed by atoms with Crippen molar-refractivity contribution >= 4 is 6.08 Å². The molecule has 0 amide bonds. The Morgan fingerprint density at radius 2 is 2.23 bits per heavy atom. The largest absolute Gasteiger partial charge is 0.235 e. The van der Waals surface area contributed by atoms with E-state index in [1.807, 2.05) is 12.1 Å². The Balaban J connectivity index is 2.20. The lowest BCUT2D eigenvalue weighted by Crippen LogP contribution is -1.88. The maximum absolute atomic E-state index is 10.0. The lowest BCUT2D eigenvalue weighted by atomic mass is 10.0. The molecule has 0 radical (unpaired) electrons. The molecular weight excluding hydrogens is 162 g/mol. The van der Waals surface area contributed by atoms with Crippen molar-refractivity contribution in [1.29, 1.82) is 0 Å². The van der Waals surface area contributed by atoms with E-state index in [9.17, 15) is 4.79 Å². The molecule has 1 fully saturated rings. The molecule has 13 heavy (non-hydrogen) atoms. The van der Waals surface area contributed by atoms with Crippen LogP contribution in [-0.2, 0) is 4.79 Å². The number of aryl methyl sites for hydroxylation is 1. The van der Waals surface area contributed by atoms with Gasteiger partial charge in [-0.05, 0) is 24.5 Å². The molecule has 0 aromatic heterocycles. The molecule has 0 heterocycles. The van der Waals surface area contributed by atoms with E-state index in [0.717, 1.165) is 6.42 Å². The van der Waals surface area contributed by atoms with Crippen LogP contribution in [0.3, 0.4) is 0 Å². The second kappa shape index (κ2) is 3.15. The fourth-order valence-corrected chi connectivity index (χ4v) is 1.73. The summed E-state index contributed by atoms with van der Waals surface area (Å²) in [6, 6.07) is 8.45. The Kier molecular flexibility index (Phi) is 1.99. The zero-order valence-corrected chi connectivity index (χ0v) is 7.53. The topological polar surface area (TPSA) is 29.4 Å². The van der Waals surface area contributed by atoms with Crippen molar-refractivity contribution in [3.8, 4) is 0 Å². The highest BCUT2D eigenvalue weighted by Gasteiger charge is 2.39. The minimum atomic E-state index is 0.193. The van der Waals surface area contributed by atoms with Gasteiger partial charge < -0.3 is 0 Å². The van der Waals surface area contributed by atoms with E-state index in [0.29, 0.717) is 5.92 Å². The molecule has 0 aliphatic heterocycles. The van der Waals surface area contributed by atoms with Gasteiger partial charge in [0.1, 0.15) is 0 Å². The third-order valence-electron chi connectivity index (χ3n) is 2.56. The third-order valence-corrected chi connectivity index (χ3v) is 2.56. The fourth-order valence-electron chi connectivity index (χ4n) is 1.73. The smallest absolute Gasteiger partial charge is 0.211 e. The van der Waals surface area contributed by atoms with Gasteiger partial charge in [0, 0.05) is 5.92 Å². The summed E-state index contributed by atoms with van der Waals surface area (Å²) in [5.41, 5.74) is 2.61. The zero-order chi connectivity index (χ0) is 9.26. The van der Waals surface area contributed by atoms with Gasteiger partial charge in [0.25, 0.3) is 0 Å². The zero-order valence-electron chi connectivity index (χ0n) is 7.53. The predicted octanol–water partition coefficient (Wildman–Crippen LogP) is 2.19. The van der Waals surface area contributed by atoms with Gasteiger partial charge in [0.05, 0.1) is 6.04 Å². The van der Waals surface area contributed by atoms with Gasteiger partial charge in [-0.3, -0.25) is 0 Å². The second-order valence-electron chi connectivity index (χ2n) is 3.49. The average molecular weight is 173 g/mol. The van der Waals surface area contributed by atoms with E-state index in [2.05, 4.69) is 24.0 Å². The van der Waals surface area contributed by atoms with Crippen LogP contribution < -0.4 is 0 Å². The summed E-state index contributed by atoms with van der Waals surface area (Å²) in [5, 5.41) is 0. The van der Waals surface area contributed by atoms with Crippen molar-refractivity contribution in [2.45, 2.75) is 25.3 Å². The van der Waals surface area contributed by atoms with E-state index in [-0.39, 0.29) is 6.04 Å². The van der Waals surface area contributed by atoms with E-state index in [1.54, 1.807) is 6.08 Å². The number of carbonyl (C=O) groups excluding carboxylic acids is 1. The molecule has 2 heteroatoms. The molecule has 1 saturated carbocycles. The van der Waals surface area contributed by atoms with Crippen molar-refractivity contribution < 1.29 is 4.79 Å². The Bertz CT molecular complexity index is 366. The van der Waals surface area contributed by atoms with Crippen molar-refractivity contribution in [3.63, 3.8) is 0 Å². The molecule has 2 atom stereocenters. The predicted molar refractivity (Wildman–Crippen MR) is 50.4 cm³/mol. The second-order valence-corrected chi connectivity index (χ2v) is 3.49. The molecule has 2 nitrogen and oxygen atoms in total. The first-order valence-corrected chi connectivity index (χ1v) is 4.45. The highest BCUT2D eigenvalue weighted by molar-refractivity contribution is 5.40. The van der Waals surface area contributed by atoms with Crippen LogP contribution in [0, 0.1) is 6.92 Å². The van der Waals surface area contributed by atoms with Gasteiger partial charge in [0.15, 0.2) is 0 Å². The van der Waals surface area contributed by atoms with E-state index in [1.165, 1.54) is 11.1 Å². The summed E-state index contributed by atoms with van der Waals surface area (Å²) in [4.78, 5) is 13.8. The Morgan fingerprint density at radius 3 is 2.92 bits per heavy atom. The number of nitrogens with zero attached hydrogens (tertiary/aromatic N) is 1. The average Bonchev–Trinajstić information content (AvgIpc) is 2.86. The van der Waals surface area contributed by atoms with E-state index >= 15 is 0 Å². The van der Waals surface area contributed by atoms with Crippen molar-refractivity contribution in [3.05, 3.63) is 35.4 Å². The monoisotopic (exact) mass is 173 g/mol. The van der Waals surface area contributed by atoms with Crippen LogP contribution in [0.2, 0.25) is 0 Å². The molecular formula is C11H11NO. The maximum Gasteiger partial charge on any atom is 0.235 e. The normalized spacial score (nSPS) is 25.0. The van der Waals surface area contributed by atoms with Crippen LogP contribution >= 0.6 is 0 Å². The quantitative estimate of drug-likeness (QED) is 0.498. The van der Waals surface area contributed by atoms with Crippen LogP contribution in [0.15, 0.2) is 29.3 Å². The summed E-state index contributed by atoms with van der Waals surface area (Å²) in [6.45, 7) is 2.09. The number of hydrogen-bond acceptors (Lipinski definition) is 2. The van der Waals surface area contributed by atoms with Gasteiger partial charge in [-0.2, -0.15) is 0 Å². The Labute approximate surface area is 77.3 Å². The third kappa shape index (κ3) is 1.53. The van der Waals surface area contributed by atoms with E-state index in [4.69, 9.17) is 0 Å². The first-order valence-electron chi connectivity index (χ1n) is 4.45. The molecule has 1 aromatic rings. The highest BCUT2D eigenvalue weighted by Crippen LogP contribution is 2.44. The summed E-state index contributed by atoms with van der Waals surface area (Å²) in [5.74, 6) is 0.461. The van der Waals surface area contributed by atoms with Gasteiger partial charge >= 0.3 is 0 Å². The van der Waals surface area contributed by atoms with Crippen LogP contribution in [0.5, 0.6) is 0 Å².